The van der Waals surface area contributed by atoms with Crippen LogP contribution in [0.15, 0.2) is 6.07 Å². The van der Waals surface area contributed by atoms with Gasteiger partial charge in [-0.25, -0.2) is 0 Å². The van der Waals surface area contributed by atoms with Gasteiger partial charge in [-0.3, -0.25) is 9.59 Å². The van der Waals surface area contributed by atoms with Crippen molar-refractivity contribution in [2.75, 3.05) is 53.4 Å². The minimum atomic E-state index is -0.591. The minimum absolute atomic E-state index is 0.225. The molecule has 1 aromatic carbocycles. The van der Waals surface area contributed by atoms with Crippen LogP contribution < -0.4 is 19.1 Å². The lowest BCUT2D eigenvalue weighted by Crippen LogP contribution is -2.35. The van der Waals surface area contributed by atoms with Gasteiger partial charge >= 0.3 is 0 Å². The highest BCUT2D eigenvalue weighted by atomic mass is 16.5. The number of Topliss-reactive ketones (excluding diaryl/α,β-unsaturated/α-hetero) is 1. The van der Waals surface area contributed by atoms with Gasteiger partial charge in [-0.1, -0.05) is 0 Å². The molecular formula is C15H20N2O5. The van der Waals surface area contributed by atoms with Crippen LogP contribution in [0.3, 0.4) is 0 Å². The molecule has 0 aliphatic carbocycles. The Bertz CT molecular complexity index is 612. The van der Waals surface area contributed by atoms with Crippen molar-refractivity contribution in [1.82, 2.24) is 4.90 Å². The molecule has 0 spiro atoms. The molecule has 120 valence electrons. The third-order valence-corrected chi connectivity index (χ3v) is 3.54. The number of ketones is 1. The van der Waals surface area contributed by atoms with E-state index in [4.69, 9.17) is 14.2 Å². The summed E-state index contributed by atoms with van der Waals surface area (Å²) in [5.41, 5.74) is 0.718. The highest BCUT2D eigenvalue weighted by Gasteiger charge is 2.41. The molecule has 0 N–H and O–H groups in total. The number of likely N-dealkylation sites (N-methyl/N-ethyl adjacent to an activating group) is 1. The van der Waals surface area contributed by atoms with E-state index < -0.39 is 11.7 Å². The topological polar surface area (TPSA) is 68.3 Å². The summed E-state index contributed by atoms with van der Waals surface area (Å²) >= 11 is 0. The number of nitrogens with zero attached hydrogens (tertiary/aromatic N) is 2. The number of hydrogen-bond acceptors (Lipinski definition) is 6. The fourth-order valence-electron chi connectivity index (χ4n) is 2.44. The molecule has 0 bridgehead atoms. The molecule has 0 saturated carbocycles. The molecule has 0 radical (unpaired) electrons. The molecule has 2 rings (SSSR count). The largest absolute Gasteiger partial charge is 0.493 e. The number of amides is 1. The van der Waals surface area contributed by atoms with E-state index >= 15 is 0 Å². The Kier molecular flexibility index (Phi) is 4.56. The van der Waals surface area contributed by atoms with Crippen molar-refractivity contribution in [2.45, 2.75) is 0 Å². The summed E-state index contributed by atoms with van der Waals surface area (Å²) in [6, 6.07) is 1.63. The van der Waals surface area contributed by atoms with E-state index in [-0.39, 0.29) is 11.3 Å². The first-order valence-electron chi connectivity index (χ1n) is 6.80. The van der Waals surface area contributed by atoms with Crippen molar-refractivity contribution in [3.05, 3.63) is 11.6 Å². The van der Waals surface area contributed by atoms with Gasteiger partial charge in [0.15, 0.2) is 11.5 Å². The normalized spacial score (nSPS) is 13.6. The summed E-state index contributed by atoms with van der Waals surface area (Å²) in [6.45, 7) is 1.04. The molecule has 7 nitrogen and oxygen atoms in total. The number of methoxy groups -OCH3 is 3. The maximum absolute atomic E-state index is 12.3. The average molecular weight is 308 g/mol. The van der Waals surface area contributed by atoms with E-state index in [2.05, 4.69) is 0 Å². The van der Waals surface area contributed by atoms with Crippen LogP contribution in [0.25, 0.3) is 0 Å². The first-order chi connectivity index (χ1) is 10.5. The first-order valence-corrected chi connectivity index (χ1v) is 6.80. The lowest BCUT2D eigenvalue weighted by Gasteiger charge is -2.21. The Morgan fingerprint density at radius 3 is 2.18 bits per heavy atom. The number of fused-ring (bicyclic) bond motifs is 1. The highest BCUT2D eigenvalue weighted by molar-refractivity contribution is 6.53. The van der Waals surface area contributed by atoms with E-state index in [1.54, 1.807) is 6.07 Å². The number of rotatable bonds is 6. The summed E-state index contributed by atoms with van der Waals surface area (Å²) in [5.74, 6) is -0.214. The van der Waals surface area contributed by atoms with Crippen molar-refractivity contribution >= 4 is 17.4 Å². The smallest absolute Gasteiger partial charge is 0.299 e. The van der Waals surface area contributed by atoms with Crippen LogP contribution in [0.2, 0.25) is 0 Å². The molecule has 1 aliphatic heterocycles. The van der Waals surface area contributed by atoms with Crippen LogP contribution in [-0.2, 0) is 4.79 Å². The molecule has 0 fully saturated rings. The second-order valence-corrected chi connectivity index (χ2v) is 5.13. The van der Waals surface area contributed by atoms with Crippen LogP contribution in [0.1, 0.15) is 10.4 Å². The summed E-state index contributed by atoms with van der Waals surface area (Å²) in [4.78, 5) is 28.0. The predicted molar refractivity (Wildman–Crippen MR) is 81.3 cm³/mol. The van der Waals surface area contributed by atoms with Gasteiger partial charge in [0.25, 0.3) is 11.7 Å². The van der Waals surface area contributed by atoms with Crippen LogP contribution in [0.5, 0.6) is 17.2 Å². The second kappa shape index (κ2) is 6.23. The summed E-state index contributed by atoms with van der Waals surface area (Å²) < 4.78 is 15.8. The molecule has 22 heavy (non-hydrogen) atoms. The Labute approximate surface area is 129 Å². The third kappa shape index (κ3) is 2.48. The Morgan fingerprint density at radius 2 is 1.68 bits per heavy atom. The number of hydrogen-bond donors (Lipinski definition) is 0. The second-order valence-electron chi connectivity index (χ2n) is 5.13. The van der Waals surface area contributed by atoms with Crippen LogP contribution in [0.4, 0.5) is 5.69 Å². The monoisotopic (exact) mass is 308 g/mol. The maximum Gasteiger partial charge on any atom is 0.299 e. The third-order valence-electron chi connectivity index (χ3n) is 3.54. The van der Waals surface area contributed by atoms with E-state index in [0.29, 0.717) is 30.3 Å². The molecule has 1 aliphatic rings. The van der Waals surface area contributed by atoms with E-state index in [1.165, 1.54) is 26.2 Å². The van der Waals surface area contributed by atoms with Crippen molar-refractivity contribution < 1.29 is 23.8 Å². The van der Waals surface area contributed by atoms with Gasteiger partial charge in [0, 0.05) is 19.2 Å². The van der Waals surface area contributed by atoms with E-state index in [1.807, 2.05) is 19.0 Å². The van der Waals surface area contributed by atoms with Crippen LogP contribution >= 0.6 is 0 Å². The number of carbonyl (C=O) groups is 2. The van der Waals surface area contributed by atoms with Crippen molar-refractivity contribution in [3.8, 4) is 17.2 Å². The molecule has 0 saturated heterocycles. The zero-order valence-electron chi connectivity index (χ0n) is 13.4. The summed E-state index contributed by atoms with van der Waals surface area (Å²) in [6.07, 6.45) is 0. The fraction of sp³-hybridized carbons (Fsp3) is 0.467. The van der Waals surface area contributed by atoms with E-state index in [9.17, 15) is 9.59 Å². The lowest BCUT2D eigenvalue weighted by molar-refractivity contribution is -0.114. The zero-order valence-corrected chi connectivity index (χ0v) is 13.4. The SMILES string of the molecule is COc1cc2c(c(OC)c1OC)C(=O)C(=O)N2CCN(C)C. The predicted octanol–water partition coefficient (Wildman–Crippen LogP) is 0.803. The standard InChI is InChI=1S/C15H20N2O5/c1-16(2)6-7-17-9-8-10(20-3)13(21-4)14(22-5)11(9)12(18)15(17)19/h8H,6-7H2,1-5H3. The Hall–Kier alpha value is -2.28. The Morgan fingerprint density at radius 1 is 1.05 bits per heavy atom. The Balaban J connectivity index is 2.58. The van der Waals surface area contributed by atoms with Crippen LogP contribution in [0, 0.1) is 0 Å². The molecule has 0 atom stereocenters. The molecule has 0 unspecified atom stereocenters. The quantitative estimate of drug-likeness (QED) is 0.724. The lowest BCUT2D eigenvalue weighted by atomic mass is 10.1. The van der Waals surface area contributed by atoms with Gasteiger partial charge in [-0.2, -0.15) is 0 Å². The van der Waals surface area contributed by atoms with Crippen molar-refractivity contribution in [2.24, 2.45) is 0 Å². The number of carbonyl (C=O) groups excluding carboxylic acids is 2. The summed E-state index contributed by atoms with van der Waals surface area (Å²) in [5, 5.41) is 0. The van der Waals surface area contributed by atoms with Gasteiger partial charge in [-0.15, -0.1) is 0 Å². The maximum atomic E-state index is 12.3. The molecule has 1 heterocycles. The molecule has 1 aromatic rings. The molecule has 0 aromatic heterocycles. The fourth-order valence-corrected chi connectivity index (χ4v) is 2.44. The van der Waals surface area contributed by atoms with Gasteiger partial charge < -0.3 is 24.0 Å². The summed E-state index contributed by atoms with van der Waals surface area (Å²) in [7, 11) is 8.18. The van der Waals surface area contributed by atoms with Crippen molar-refractivity contribution in [1.29, 1.82) is 0 Å². The molecular weight excluding hydrogens is 288 g/mol. The van der Waals surface area contributed by atoms with E-state index in [0.717, 1.165) is 0 Å². The van der Waals surface area contributed by atoms with Gasteiger partial charge in [-0.05, 0) is 14.1 Å². The molecule has 1 amide bonds. The van der Waals surface area contributed by atoms with Gasteiger partial charge in [0.1, 0.15) is 0 Å². The number of benzene rings is 1. The van der Waals surface area contributed by atoms with Gasteiger partial charge in [0.2, 0.25) is 5.75 Å². The van der Waals surface area contributed by atoms with Crippen LogP contribution in [-0.4, -0.2) is 65.1 Å². The average Bonchev–Trinajstić information content (AvgIpc) is 2.74. The van der Waals surface area contributed by atoms with Crippen molar-refractivity contribution in [3.63, 3.8) is 0 Å². The first kappa shape index (κ1) is 16.1. The number of anilines is 1. The molecule has 7 heteroatoms. The minimum Gasteiger partial charge on any atom is -0.493 e. The zero-order chi connectivity index (χ0) is 16.4. The number of ether oxygens (including phenoxy) is 3. The van der Waals surface area contributed by atoms with Gasteiger partial charge in [0.05, 0.1) is 32.6 Å². The highest BCUT2D eigenvalue weighted by Crippen LogP contribution is 2.47.